The normalized spacial score (nSPS) is 11.2. The molecule has 0 amide bonds. The molecule has 0 aliphatic heterocycles. The van der Waals surface area contributed by atoms with Crippen molar-refractivity contribution in [2.45, 2.75) is 27.2 Å². The van der Waals surface area contributed by atoms with Gasteiger partial charge >= 0.3 is 0 Å². The number of pyridine rings is 1. The van der Waals surface area contributed by atoms with Crippen molar-refractivity contribution in [3.8, 4) is 0 Å². The number of imidazole rings is 1. The minimum absolute atomic E-state index is 0.504. The lowest BCUT2D eigenvalue weighted by molar-refractivity contribution is 0.111. The van der Waals surface area contributed by atoms with Crippen molar-refractivity contribution in [2.24, 2.45) is 5.92 Å². The fourth-order valence-corrected chi connectivity index (χ4v) is 1.93. The summed E-state index contributed by atoms with van der Waals surface area (Å²) < 4.78 is 1.88. The molecule has 0 spiro atoms. The predicted octanol–water partition coefficient (Wildman–Crippen LogP) is 2.65. The Labute approximate surface area is 95.1 Å². The van der Waals surface area contributed by atoms with Gasteiger partial charge in [0.2, 0.25) is 0 Å². The van der Waals surface area contributed by atoms with E-state index in [4.69, 9.17) is 0 Å². The highest BCUT2D eigenvalue weighted by Crippen LogP contribution is 2.17. The van der Waals surface area contributed by atoms with Crippen molar-refractivity contribution >= 4 is 11.9 Å². The van der Waals surface area contributed by atoms with Crippen molar-refractivity contribution in [1.82, 2.24) is 9.38 Å². The standard InChI is InChI=1S/C13H16N2O/c1-9(2)7-11-12(8-16)15-6-4-5-10(3)13(15)14-11/h4-6,8-9H,7H2,1-3H3. The van der Waals surface area contributed by atoms with E-state index in [0.717, 1.165) is 29.6 Å². The zero-order chi connectivity index (χ0) is 11.7. The van der Waals surface area contributed by atoms with Crippen LogP contribution in [0.3, 0.4) is 0 Å². The van der Waals surface area contributed by atoms with Gasteiger partial charge in [-0.25, -0.2) is 4.98 Å². The number of aryl methyl sites for hydroxylation is 1. The Morgan fingerprint density at radius 3 is 2.88 bits per heavy atom. The first kappa shape index (κ1) is 10.9. The molecule has 0 aliphatic carbocycles. The van der Waals surface area contributed by atoms with Crippen LogP contribution in [-0.4, -0.2) is 15.7 Å². The van der Waals surface area contributed by atoms with E-state index in [1.165, 1.54) is 0 Å². The third-order valence-electron chi connectivity index (χ3n) is 2.67. The first-order valence-electron chi connectivity index (χ1n) is 5.55. The molecular weight excluding hydrogens is 200 g/mol. The van der Waals surface area contributed by atoms with Crippen LogP contribution in [0.25, 0.3) is 5.65 Å². The molecule has 0 fully saturated rings. The maximum atomic E-state index is 11.1. The zero-order valence-corrected chi connectivity index (χ0v) is 9.90. The summed E-state index contributed by atoms with van der Waals surface area (Å²) >= 11 is 0. The monoisotopic (exact) mass is 216 g/mol. The molecular formula is C13H16N2O. The first-order chi connectivity index (χ1) is 7.63. The Morgan fingerprint density at radius 2 is 2.25 bits per heavy atom. The van der Waals surface area contributed by atoms with Gasteiger partial charge in [-0.05, 0) is 30.9 Å². The quantitative estimate of drug-likeness (QED) is 0.739. The van der Waals surface area contributed by atoms with Gasteiger partial charge in [0.25, 0.3) is 0 Å². The second kappa shape index (κ2) is 4.08. The van der Waals surface area contributed by atoms with E-state index in [1.807, 2.05) is 29.7 Å². The molecule has 2 heterocycles. The van der Waals surface area contributed by atoms with Crippen LogP contribution in [-0.2, 0) is 6.42 Å². The molecule has 2 aromatic heterocycles. The third-order valence-corrected chi connectivity index (χ3v) is 2.67. The van der Waals surface area contributed by atoms with Gasteiger partial charge in [0, 0.05) is 6.20 Å². The van der Waals surface area contributed by atoms with E-state index in [0.29, 0.717) is 11.6 Å². The van der Waals surface area contributed by atoms with Crippen LogP contribution < -0.4 is 0 Å². The first-order valence-corrected chi connectivity index (χ1v) is 5.55. The van der Waals surface area contributed by atoms with E-state index < -0.39 is 0 Å². The predicted molar refractivity (Wildman–Crippen MR) is 63.9 cm³/mol. The number of aromatic nitrogens is 2. The van der Waals surface area contributed by atoms with Crippen molar-refractivity contribution in [1.29, 1.82) is 0 Å². The summed E-state index contributed by atoms with van der Waals surface area (Å²) in [5.41, 5.74) is 3.58. The molecule has 0 radical (unpaired) electrons. The van der Waals surface area contributed by atoms with Gasteiger partial charge in [-0.15, -0.1) is 0 Å². The highest BCUT2D eigenvalue weighted by molar-refractivity contribution is 5.77. The Morgan fingerprint density at radius 1 is 1.50 bits per heavy atom. The number of fused-ring (bicyclic) bond motifs is 1. The number of rotatable bonds is 3. The Balaban J connectivity index is 2.66. The van der Waals surface area contributed by atoms with Gasteiger partial charge in [0.15, 0.2) is 6.29 Å². The summed E-state index contributed by atoms with van der Waals surface area (Å²) in [6, 6.07) is 3.95. The van der Waals surface area contributed by atoms with Crippen LogP contribution in [0.4, 0.5) is 0 Å². The minimum Gasteiger partial charge on any atom is -0.297 e. The third kappa shape index (κ3) is 1.73. The molecule has 3 nitrogen and oxygen atoms in total. The summed E-state index contributed by atoms with van der Waals surface area (Å²) in [7, 11) is 0. The summed E-state index contributed by atoms with van der Waals surface area (Å²) in [5, 5.41) is 0. The van der Waals surface area contributed by atoms with Crippen LogP contribution in [0.15, 0.2) is 18.3 Å². The van der Waals surface area contributed by atoms with Gasteiger partial charge in [-0.2, -0.15) is 0 Å². The smallest absolute Gasteiger partial charge is 0.168 e. The molecule has 84 valence electrons. The Kier molecular flexibility index (Phi) is 2.77. The van der Waals surface area contributed by atoms with Gasteiger partial charge in [-0.1, -0.05) is 19.9 Å². The molecule has 0 aliphatic rings. The molecule has 0 N–H and O–H groups in total. The molecule has 3 heteroatoms. The molecule has 0 saturated heterocycles. The molecule has 2 rings (SSSR count). The number of hydrogen-bond donors (Lipinski definition) is 0. The second-order valence-corrected chi connectivity index (χ2v) is 4.54. The summed E-state index contributed by atoms with van der Waals surface area (Å²) in [6.07, 6.45) is 3.63. The van der Waals surface area contributed by atoms with E-state index in [1.54, 1.807) is 0 Å². The highest BCUT2D eigenvalue weighted by Gasteiger charge is 2.13. The number of hydrogen-bond acceptors (Lipinski definition) is 2. The number of nitrogens with zero attached hydrogens (tertiary/aromatic N) is 2. The van der Waals surface area contributed by atoms with Gasteiger partial charge < -0.3 is 0 Å². The van der Waals surface area contributed by atoms with Crippen molar-refractivity contribution in [2.75, 3.05) is 0 Å². The lowest BCUT2D eigenvalue weighted by atomic mass is 10.1. The van der Waals surface area contributed by atoms with E-state index in [-0.39, 0.29) is 0 Å². The molecule has 2 aromatic rings. The lowest BCUT2D eigenvalue weighted by Gasteiger charge is -2.01. The summed E-state index contributed by atoms with van der Waals surface area (Å²) in [6.45, 7) is 6.27. The summed E-state index contributed by atoms with van der Waals surface area (Å²) in [5.74, 6) is 0.504. The summed E-state index contributed by atoms with van der Waals surface area (Å²) in [4.78, 5) is 15.7. The molecule has 0 bridgehead atoms. The second-order valence-electron chi connectivity index (χ2n) is 4.54. The van der Waals surface area contributed by atoms with Crippen LogP contribution in [0.2, 0.25) is 0 Å². The number of aldehydes is 1. The van der Waals surface area contributed by atoms with Gasteiger partial charge in [0.1, 0.15) is 11.3 Å². The van der Waals surface area contributed by atoms with Crippen LogP contribution in [0.1, 0.15) is 35.6 Å². The van der Waals surface area contributed by atoms with E-state index in [2.05, 4.69) is 18.8 Å². The van der Waals surface area contributed by atoms with Gasteiger partial charge in [0.05, 0.1) is 5.69 Å². The zero-order valence-electron chi connectivity index (χ0n) is 9.90. The minimum atomic E-state index is 0.504. The topological polar surface area (TPSA) is 34.4 Å². The highest BCUT2D eigenvalue weighted by atomic mass is 16.1. The Bertz CT molecular complexity index is 526. The van der Waals surface area contributed by atoms with E-state index >= 15 is 0 Å². The largest absolute Gasteiger partial charge is 0.297 e. The fraction of sp³-hybridized carbons (Fsp3) is 0.385. The molecule has 0 unspecified atom stereocenters. The fourth-order valence-electron chi connectivity index (χ4n) is 1.93. The van der Waals surface area contributed by atoms with E-state index in [9.17, 15) is 4.79 Å². The van der Waals surface area contributed by atoms with Crippen LogP contribution in [0.5, 0.6) is 0 Å². The molecule has 0 saturated carbocycles. The Hall–Kier alpha value is -1.64. The molecule has 0 aromatic carbocycles. The van der Waals surface area contributed by atoms with Crippen molar-refractivity contribution in [3.63, 3.8) is 0 Å². The number of carbonyl (C=O) groups excluding carboxylic acids is 1. The van der Waals surface area contributed by atoms with Crippen molar-refractivity contribution in [3.05, 3.63) is 35.3 Å². The maximum Gasteiger partial charge on any atom is 0.168 e. The van der Waals surface area contributed by atoms with Crippen LogP contribution >= 0.6 is 0 Å². The van der Waals surface area contributed by atoms with Crippen LogP contribution in [0, 0.1) is 12.8 Å². The molecule has 0 atom stereocenters. The lowest BCUT2D eigenvalue weighted by Crippen LogP contribution is -1.99. The van der Waals surface area contributed by atoms with Crippen molar-refractivity contribution < 1.29 is 4.79 Å². The average Bonchev–Trinajstić information content (AvgIpc) is 2.56. The SMILES string of the molecule is Cc1cccn2c(C=O)c(CC(C)C)nc12. The molecule has 16 heavy (non-hydrogen) atoms. The average molecular weight is 216 g/mol. The number of carbonyl (C=O) groups is 1. The maximum absolute atomic E-state index is 11.1. The van der Waals surface area contributed by atoms with Gasteiger partial charge in [-0.3, -0.25) is 9.20 Å².